The summed E-state index contributed by atoms with van der Waals surface area (Å²) in [5, 5.41) is 0.774. The van der Waals surface area contributed by atoms with Gasteiger partial charge in [-0.05, 0) is 43.4 Å². The molecule has 2 aromatic rings. The van der Waals surface area contributed by atoms with Gasteiger partial charge in [-0.3, -0.25) is 0 Å². The molecule has 0 unspecified atom stereocenters. The average Bonchev–Trinajstić information content (AvgIpc) is 2.72. The van der Waals surface area contributed by atoms with E-state index in [0.29, 0.717) is 25.4 Å². The second-order valence-electron chi connectivity index (χ2n) is 6.41. The molecule has 0 aliphatic carbocycles. The predicted octanol–water partition coefficient (Wildman–Crippen LogP) is 2.20. The van der Waals surface area contributed by atoms with Gasteiger partial charge in [-0.1, -0.05) is 0 Å². The van der Waals surface area contributed by atoms with E-state index in [1.165, 1.54) is 22.3 Å². The fourth-order valence-corrected chi connectivity index (χ4v) is 4.80. The van der Waals surface area contributed by atoms with E-state index in [-0.39, 0.29) is 4.90 Å². The first kappa shape index (κ1) is 20.9. The topological polar surface area (TPSA) is 72.0 Å². The summed E-state index contributed by atoms with van der Waals surface area (Å²) in [6.45, 7) is 3.04. The molecular weight excluding hydrogens is 398 g/mol. The number of piperazine rings is 1. The Morgan fingerprint density at radius 2 is 1.71 bits per heavy atom. The van der Waals surface area contributed by atoms with Gasteiger partial charge in [0, 0.05) is 38.1 Å². The highest BCUT2D eigenvalue weighted by molar-refractivity contribution is 7.99. The van der Waals surface area contributed by atoms with Gasteiger partial charge in [0.25, 0.3) is 0 Å². The molecule has 0 spiro atoms. The number of methoxy groups -OCH3 is 1. The lowest BCUT2D eigenvalue weighted by Crippen LogP contribution is -2.47. The number of aromatic nitrogens is 1. The lowest BCUT2D eigenvalue weighted by molar-refractivity contribution is 0.222. The highest BCUT2D eigenvalue weighted by atomic mass is 32.2. The van der Waals surface area contributed by atoms with E-state index in [1.54, 1.807) is 19.2 Å². The van der Waals surface area contributed by atoms with Gasteiger partial charge in [-0.2, -0.15) is 4.31 Å². The van der Waals surface area contributed by atoms with Gasteiger partial charge in [0.1, 0.15) is 16.4 Å². The molecule has 7 nitrogen and oxygen atoms in total. The predicted molar refractivity (Wildman–Crippen MR) is 110 cm³/mol. The smallest absolute Gasteiger partial charge is 0.244 e. The van der Waals surface area contributed by atoms with Crippen molar-refractivity contribution in [2.75, 3.05) is 52.7 Å². The van der Waals surface area contributed by atoms with Crippen molar-refractivity contribution in [1.29, 1.82) is 0 Å². The van der Waals surface area contributed by atoms with Gasteiger partial charge in [-0.25, -0.2) is 13.4 Å². The molecule has 28 heavy (non-hydrogen) atoms. The molecule has 1 aliphatic heterocycles. The van der Waals surface area contributed by atoms with Crippen molar-refractivity contribution in [2.45, 2.75) is 9.92 Å². The molecular formula is C19H25N3O4S2. The molecule has 9 heteroatoms. The molecule has 1 aromatic carbocycles. The summed E-state index contributed by atoms with van der Waals surface area (Å²) in [4.78, 5) is 6.67. The molecule has 0 amide bonds. The van der Waals surface area contributed by atoms with Crippen LogP contribution in [0.25, 0.3) is 0 Å². The zero-order valence-electron chi connectivity index (χ0n) is 16.1. The van der Waals surface area contributed by atoms with Gasteiger partial charge < -0.3 is 14.4 Å². The summed E-state index contributed by atoms with van der Waals surface area (Å²) in [7, 11) is 0.153. The molecule has 0 saturated carbocycles. The fourth-order valence-electron chi connectivity index (χ4n) is 2.76. The summed E-state index contributed by atoms with van der Waals surface area (Å²) in [6.07, 6.45) is 1.44. The molecule has 2 heterocycles. The van der Waals surface area contributed by atoms with E-state index in [9.17, 15) is 8.42 Å². The number of ether oxygens (including phenoxy) is 2. The third-order valence-electron chi connectivity index (χ3n) is 4.47. The maximum atomic E-state index is 12.7. The SMILES string of the molecule is COc1ccc(OCCSc2ccc(S(=O)(=O)N3CCN(C)CC3)cn2)cc1. The lowest BCUT2D eigenvalue weighted by atomic mass is 10.3. The Hall–Kier alpha value is -1.81. The van der Waals surface area contributed by atoms with Crippen molar-refractivity contribution in [1.82, 2.24) is 14.2 Å². The number of hydrogen-bond donors (Lipinski definition) is 0. The third-order valence-corrected chi connectivity index (χ3v) is 7.26. The van der Waals surface area contributed by atoms with Crippen molar-refractivity contribution >= 4 is 21.8 Å². The Bertz CT molecular complexity index is 850. The van der Waals surface area contributed by atoms with Crippen LogP contribution in [-0.4, -0.2) is 75.3 Å². The summed E-state index contributed by atoms with van der Waals surface area (Å²) in [5.74, 6) is 2.28. The van der Waals surface area contributed by atoms with Crippen molar-refractivity contribution in [2.24, 2.45) is 0 Å². The number of hydrogen-bond acceptors (Lipinski definition) is 7. The van der Waals surface area contributed by atoms with Crippen LogP contribution in [-0.2, 0) is 10.0 Å². The Morgan fingerprint density at radius 3 is 2.32 bits per heavy atom. The first-order valence-electron chi connectivity index (χ1n) is 9.03. The minimum absolute atomic E-state index is 0.246. The highest BCUT2D eigenvalue weighted by Gasteiger charge is 2.27. The molecule has 0 atom stereocenters. The minimum atomic E-state index is -3.47. The average molecular weight is 424 g/mol. The number of likely N-dealkylation sites (N-methyl/N-ethyl adjacent to an activating group) is 1. The highest BCUT2D eigenvalue weighted by Crippen LogP contribution is 2.21. The second kappa shape index (κ2) is 9.60. The van der Waals surface area contributed by atoms with E-state index >= 15 is 0 Å². The zero-order chi connectivity index (χ0) is 20.0. The molecule has 1 fully saturated rings. The van der Waals surface area contributed by atoms with Gasteiger partial charge in [0.15, 0.2) is 0 Å². The Morgan fingerprint density at radius 1 is 1.04 bits per heavy atom. The van der Waals surface area contributed by atoms with Crippen molar-refractivity contribution in [3.8, 4) is 11.5 Å². The normalized spacial score (nSPS) is 16.1. The lowest BCUT2D eigenvalue weighted by Gasteiger charge is -2.31. The summed E-state index contributed by atoms with van der Waals surface area (Å²) < 4.78 is 37.7. The molecule has 1 aromatic heterocycles. The fraction of sp³-hybridized carbons (Fsp3) is 0.421. The Kier molecular flexibility index (Phi) is 7.17. The molecule has 1 saturated heterocycles. The van der Waals surface area contributed by atoms with E-state index in [4.69, 9.17) is 9.47 Å². The number of nitrogens with zero attached hydrogens (tertiary/aromatic N) is 3. The first-order valence-corrected chi connectivity index (χ1v) is 11.5. The maximum Gasteiger partial charge on any atom is 0.244 e. The van der Waals surface area contributed by atoms with Gasteiger partial charge >= 0.3 is 0 Å². The maximum absolute atomic E-state index is 12.7. The van der Waals surface area contributed by atoms with E-state index < -0.39 is 10.0 Å². The van der Waals surface area contributed by atoms with Crippen molar-refractivity contribution in [3.63, 3.8) is 0 Å². The van der Waals surface area contributed by atoms with E-state index in [1.807, 2.05) is 31.3 Å². The first-order chi connectivity index (χ1) is 13.5. The zero-order valence-corrected chi connectivity index (χ0v) is 17.7. The van der Waals surface area contributed by atoms with Crippen LogP contribution in [0.4, 0.5) is 0 Å². The van der Waals surface area contributed by atoms with Crippen LogP contribution in [0.2, 0.25) is 0 Å². The van der Waals surface area contributed by atoms with Gasteiger partial charge in [0.05, 0.1) is 18.7 Å². The number of pyridine rings is 1. The molecule has 152 valence electrons. The van der Waals surface area contributed by atoms with Gasteiger partial charge in [-0.15, -0.1) is 11.8 Å². The van der Waals surface area contributed by atoms with Crippen LogP contribution >= 0.6 is 11.8 Å². The third kappa shape index (κ3) is 5.38. The number of rotatable bonds is 8. The van der Waals surface area contributed by atoms with Crippen LogP contribution in [0.15, 0.2) is 52.5 Å². The monoisotopic (exact) mass is 423 g/mol. The second-order valence-corrected chi connectivity index (χ2v) is 9.47. The Labute approximate surface area is 170 Å². The van der Waals surface area contributed by atoms with Crippen molar-refractivity contribution in [3.05, 3.63) is 42.6 Å². The number of thioether (sulfide) groups is 1. The van der Waals surface area contributed by atoms with Crippen molar-refractivity contribution < 1.29 is 17.9 Å². The van der Waals surface area contributed by atoms with Crippen LogP contribution < -0.4 is 9.47 Å². The molecule has 0 radical (unpaired) electrons. The standard InChI is InChI=1S/C19H25N3O4S2/c1-21-9-11-22(12-10-21)28(23,24)18-7-8-19(20-15-18)27-14-13-26-17-5-3-16(25-2)4-6-17/h3-8,15H,9-14H2,1-2H3. The largest absolute Gasteiger partial charge is 0.497 e. The molecule has 0 bridgehead atoms. The molecule has 1 aliphatic rings. The van der Waals surface area contributed by atoms with Gasteiger partial charge in [0.2, 0.25) is 10.0 Å². The number of benzene rings is 1. The van der Waals surface area contributed by atoms with E-state index in [2.05, 4.69) is 9.88 Å². The van der Waals surface area contributed by atoms with Crippen LogP contribution in [0.1, 0.15) is 0 Å². The van der Waals surface area contributed by atoms with E-state index in [0.717, 1.165) is 29.6 Å². The minimum Gasteiger partial charge on any atom is -0.497 e. The quantitative estimate of drug-likeness (QED) is 0.476. The molecule has 3 rings (SSSR count). The number of sulfonamides is 1. The van der Waals surface area contributed by atoms with Crippen LogP contribution in [0, 0.1) is 0 Å². The summed E-state index contributed by atoms with van der Waals surface area (Å²) in [5.41, 5.74) is 0. The summed E-state index contributed by atoms with van der Waals surface area (Å²) >= 11 is 1.53. The van der Waals surface area contributed by atoms with Crippen LogP contribution in [0.3, 0.4) is 0 Å². The Balaban J connectivity index is 1.48. The summed E-state index contributed by atoms with van der Waals surface area (Å²) in [6, 6.07) is 10.8. The molecule has 0 N–H and O–H groups in total. The van der Waals surface area contributed by atoms with Crippen LogP contribution in [0.5, 0.6) is 11.5 Å².